The van der Waals surface area contributed by atoms with Crippen molar-refractivity contribution in [3.8, 4) is 5.75 Å². The van der Waals surface area contributed by atoms with Crippen LogP contribution in [0.5, 0.6) is 5.75 Å². The zero-order valence-corrected chi connectivity index (χ0v) is 10.3. The predicted molar refractivity (Wildman–Crippen MR) is 65.5 cm³/mol. The highest BCUT2D eigenvalue weighted by Gasteiger charge is 2.21. The van der Waals surface area contributed by atoms with Gasteiger partial charge in [-0.2, -0.15) is 0 Å². The molecule has 17 heavy (non-hydrogen) atoms. The standard InChI is InChI=1S/C14H18O3/c1-9(14(15)16)8-10-6-7-13(17-2)12-5-3-4-11(10)12/h6-7,9H,3-5,8H2,1-2H3,(H,15,16). The van der Waals surface area contributed by atoms with Gasteiger partial charge in [-0.05, 0) is 48.4 Å². The predicted octanol–water partition coefficient (Wildman–Crippen LogP) is 2.45. The number of ether oxygens (including phenoxy) is 1. The van der Waals surface area contributed by atoms with Crippen molar-refractivity contribution in [2.75, 3.05) is 7.11 Å². The van der Waals surface area contributed by atoms with Crippen LogP contribution in [0.15, 0.2) is 12.1 Å². The van der Waals surface area contributed by atoms with E-state index in [-0.39, 0.29) is 5.92 Å². The Morgan fingerprint density at radius 3 is 2.76 bits per heavy atom. The third-order valence-corrected chi connectivity index (χ3v) is 3.51. The van der Waals surface area contributed by atoms with E-state index in [0.717, 1.165) is 25.0 Å². The number of rotatable bonds is 4. The summed E-state index contributed by atoms with van der Waals surface area (Å²) in [6.45, 7) is 1.76. The van der Waals surface area contributed by atoms with Gasteiger partial charge in [0.15, 0.2) is 0 Å². The van der Waals surface area contributed by atoms with Crippen LogP contribution in [-0.2, 0) is 24.1 Å². The average Bonchev–Trinajstić information content (AvgIpc) is 2.78. The molecule has 1 aromatic rings. The second kappa shape index (κ2) is 4.78. The summed E-state index contributed by atoms with van der Waals surface area (Å²) in [6, 6.07) is 3.98. The molecule has 1 N–H and O–H groups in total. The highest BCUT2D eigenvalue weighted by Crippen LogP contribution is 2.34. The Bertz CT molecular complexity index is 437. The molecule has 0 saturated carbocycles. The zero-order chi connectivity index (χ0) is 12.4. The van der Waals surface area contributed by atoms with Crippen molar-refractivity contribution < 1.29 is 14.6 Å². The van der Waals surface area contributed by atoms with Crippen molar-refractivity contribution in [3.63, 3.8) is 0 Å². The smallest absolute Gasteiger partial charge is 0.306 e. The summed E-state index contributed by atoms with van der Waals surface area (Å²) in [6.07, 6.45) is 3.85. The van der Waals surface area contributed by atoms with Crippen molar-refractivity contribution >= 4 is 5.97 Å². The Labute approximate surface area is 101 Å². The average molecular weight is 234 g/mol. The number of carboxylic acids is 1. The van der Waals surface area contributed by atoms with Crippen LogP contribution in [-0.4, -0.2) is 18.2 Å². The monoisotopic (exact) mass is 234 g/mol. The van der Waals surface area contributed by atoms with Crippen LogP contribution in [0, 0.1) is 5.92 Å². The van der Waals surface area contributed by atoms with Gasteiger partial charge in [-0.15, -0.1) is 0 Å². The van der Waals surface area contributed by atoms with Gasteiger partial charge in [-0.25, -0.2) is 0 Å². The van der Waals surface area contributed by atoms with Gasteiger partial charge in [0.25, 0.3) is 0 Å². The molecule has 1 atom stereocenters. The largest absolute Gasteiger partial charge is 0.496 e. The summed E-state index contributed by atoms with van der Waals surface area (Å²) in [5.41, 5.74) is 3.77. The van der Waals surface area contributed by atoms with Crippen LogP contribution in [0.1, 0.15) is 30.0 Å². The SMILES string of the molecule is COc1ccc(CC(C)C(=O)O)c2c1CCC2. The normalized spacial score (nSPS) is 15.4. The summed E-state index contributed by atoms with van der Waals surface area (Å²) < 4.78 is 5.35. The van der Waals surface area contributed by atoms with E-state index in [1.807, 2.05) is 12.1 Å². The van der Waals surface area contributed by atoms with Gasteiger partial charge in [-0.1, -0.05) is 13.0 Å². The molecule has 0 heterocycles. The second-order valence-corrected chi connectivity index (χ2v) is 4.68. The first kappa shape index (κ1) is 12.0. The zero-order valence-electron chi connectivity index (χ0n) is 10.3. The Morgan fingerprint density at radius 2 is 2.12 bits per heavy atom. The lowest BCUT2D eigenvalue weighted by Crippen LogP contribution is -2.13. The van der Waals surface area contributed by atoms with E-state index in [2.05, 4.69) is 0 Å². The first-order valence-corrected chi connectivity index (χ1v) is 6.04. The molecule has 0 aromatic heterocycles. The molecule has 3 heteroatoms. The van der Waals surface area contributed by atoms with Crippen LogP contribution in [0.4, 0.5) is 0 Å². The molecule has 1 aliphatic rings. The molecular weight excluding hydrogens is 216 g/mol. The summed E-state index contributed by atoms with van der Waals surface area (Å²) in [5.74, 6) is -0.107. The summed E-state index contributed by atoms with van der Waals surface area (Å²) in [5, 5.41) is 8.97. The number of methoxy groups -OCH3 is 1. The van der Waals surface area contributed by atoms with Gasteiger partial charge in [0.05, 0.1) is 13.0 Å². The molecule has 0 fully saturated rings. The van der Waals surface area contributed by atoms with Crippen molar-refractivity contribution in [1.29, 1.82) is 0 Å². The molecule has 1 aliphatic carbocycles. The minimum absolute atomic E-state index is 0.326. The van der Waals surface area contributed by atoms with Gasteiger partial charge in [0.2, 0.25) is 0 Å². The quantitative estimate of drug-likeness (QED) is 0.870. The van der Waals surface area contributed by atoms with Crippen LogP contribution in [0.3, 0.4) is 0 Å². The highest BCUT2D eigenvalue weighted by atomic mass is 16.5. The van der Waals surface area contributed by atoms with Gasteiger partial charge in [-0.3, -0.25) is 4.79 Å². The number of carbonyl (C=O) groups is 1. The van der Waals surface area contributed by atoms with Gasteiger partial charge >= 0.3 is 5.97 Å². The third-order valence-electron chi connectivity index (χ3n) is 3.51. The molecule has 1 unspecified atom stereocenters. The van der Waals surface area contributed by atoms with E-state index >= 15 is 0 Å². The van der Waals surface area contributed by atoms with Crippen LogP contribution < -0.4 is 4.74 Å². The van der Waals surface area contributed by atoms with E-state index in [4.69, 9.17) is 9.84 Å². The molecule has 0 bridgehead atoms. The van der Waals surface area contributed by atoms with E-state index in [1.54, 1.807) is 14.0 Å². The molecule has 1 aromatic carbocycles. The lowest BCUT2D eigenvalue weighted by atomic mass is 9.94. The number of aliphatic carboxylic acids is 1. The van der Waals surface area contributed by atoms with Gasteiger partial charge in [0.1, 0.15) is 5.75 Å². The molecule has 0 saturated heterocycles. The summed E-state index contributed by atoms with van der Waals surface area (Å²) >= 11 is 0. The van der Waals surface area contributed by atoms with Crippen LogP contribution >= 0.6 is 0 Å². The van der Waals surface area contributed by atoms with E-state index < -0.39 is 5.97 Å². The van der Waals surface area contributed by atoms with E-state index in [0.29, 0.717) is 6.42 Å². The maximum absolute atomic E-state index is 10.9. The number of carboxylic acid groups (broad SMARTS) is 1. The number of hydrogen-bond donors (Lipinski definition) is 1. The molecule has 2 rings (SSSR count). The fourth-order valence-electron chi connectivity index (χ4n) is 2.55. The van der Waals surface area contributed by atoms with Gasteiger partial charge < -0.3 is 9.84 Å². The molecule has 92 valence electrons. The van der Waals surface area contributed by atoms with Crippen molar-refractivity contribution in [2.45, 2.75) is 32.6 Å². The number of benzene rings is 1. The first-order chi connectivity index (χ1) is 8.13. The Morgan fingerprint density at radius 1 is 1.41 bits per heavy atom. The Kier molecular flexibility index (Phi) is 3.36. The van der Waals surface area contributed by atoms with Crippen molar-refractivity contribution in [2.24, 2.45) is 5.92 Å². The molecule has 0 amide bonds. The maximum Gasteiger partial charge on any atom is 0.306 e. The molecule has 0 spiro atoms. The molecule has 3 nitrogen and oxygen atoms in total. The van der Waals surface area contributed by atoms with E-state index in [9.17, 15) is 4.79 Å². The summed E-state index contributed by atoms with van der Waals surface area (Å²) in [7, 11) is 1.69. The van der Waals surface area contributed by atoms with E-state index in [1.165, 1.54) is 16.7 Å². The van der Waals surface area contributed by atoms with Crippen molar-refractivity contribution in [3.05, 3.63) is 28.8 Å². The van der Waals surface area contributed by atoms with Crippen LogP contribution in [0.25, 0.3) is 0 Å². The molecular formula is C14H18O3. The highest BCUT2D eigenvalue weighted by molar-refractivity contribution is 5.70. The minimum Gasteiger partial charge on any atom is -0.496 e. The Hall–Kier alpha value is -1.51. The summed E-state index contributed by atoms with van der Waals surface area (Å²) in [4.78, 5) is 10.9. The molecule has 0 radical (unpaired) electrons. The molecule has 0 aliphatic heterocycles. The van der Waals surface area contributed by atoms with Gasteiger partial charge in [0, 0.05) is 0 Å². The number of fused-ring (bicyclic) bond motifs is 1. The lowest BCUT2D eigenvalue weighted by molar-refractivity contribution is -0.141. The third kappa shape index (κ3) is 2.28. The minimum atomic E-state index is -0.729. The fraction of sp³-hybridized carbons (Fsp3) is 0.500. The first-order valence-electron chi connectivity index (χ1n) is 6.04. The van der Waals surface area contributed by atoms with Crippen LogP contribution in [0.2, 0.25) is 0 Å². The van der Waals surface area contributed by atoms with Crippen molar-refractivity contribution in [1.82, 2.24) is 0 Å². The Balaban J connectivity index is 2.30. The topological polar surface area (TPSA) is 46.5 Å². The second-order valence-electron chi connectivity index (χ2n) is 4.68. The lowest BCUT2D eigenvalue weighted by Gasteiger charge is -2.14. The number of hydrogen-bond acceptors (Lipinski definition) is 2. The maximum atomic E-state index is 10.9. The fourth-order valence-corrected chi connectivity index (χ4v) is 2.55.